The van der Waals surface area contributed by atoms with Crippen molar-refractivity contribution in [2.45, 2.75) is 44.8 Å². The van der Waals surface area contributed by atoms with Crippen molar-refractivity contribution < 1.29 is 28.2 Å². The topological polar surface area (TPSA) is 128 Å². The second kappa shape index (κ2) is 14.2. The first kappa shape index (κ1) is 30.8. The molecule has 0 unspecified atom stereocenters. The van der Waals surface area contributed by atoms with Crippen molar-refractivity contribution in [1.82, 2.24) is 10.6 Å². The second-order valence-electron chi connectivity index (χ2n) is 9.87. The Morgan fingerprint density at radius 1 is 1.10 bits per heavy atom. The Kier molecular flexibility index (Phi) is 10.4. The smallest absolute Gasteiger partial charge is 0.242 e. The van der Waals surface area contributed by atoms with Gasteiger partial charge >= 0.3 is 0 Å². The first-order chi connectivity index (χ1) is 20.3. The average molecular weight is 596 g/mol. The fourth-order valence-corrected chi connectivity index (χ4v) is 5.70. The Bertz CT molecular complexity index is 1480. The van der Waals surface area contributed by atoms with Gasteiger partial charge in [0.2, 0.25) is 23.0 Å². The van der Waals surface area contributed by atoms with Crippen molar-refractivity contribution in [3.05, 3.63) is 69.8 Å². The predicted octanol–water partition coefficient (Wildman–Crippen LogP) is 4.31. The summed E-state index contributed by atoms with van der Waals surface area (Å²) >= 11 is 1.61. The van der Waals surface area contributed by atoms with Crippen molar-refractivity contribution >= 4 is 29.3 Å². The van der Waals surface area contributed by atoms with Crippen LogP contribution in [0.2, 0.25) is 0 Å². The van der Waals surface area contributed by atoms with Gasteiger partial charge in [-0.1, -0.05) is 6.07 Å². The first-order valence-electron chi connectivity index (χ1n) is 13.6. The quantitative estimate of drug-likeness (QED) is 0.281. The highest BCUT2D eigenvalue weighted by Gasteiger charge is 2.30. The molecular formula is C31H37N3O7S. The highest BCUT2D eigenvalue weighted by molar-refractivity contribution is 7.98. The minimum Gasteiger partial charge on any atom is -0.493 e. The number of rotatable bonds is 12. The van der Waals surface area contributed by atoms with E-state index < -0.39 is 12.1 Å². The third kappa shape index (κ3) is 6.84. The van der Waals surface area contributed by atoms with E-state index in [4.69, 9.17) is 18.6 Å². The summed E-state index contributed by atoms with van der Waals surface area (Å²) in [6.45, 7) is 1.70. The van der Waals surface area contributed by atoms with E-state index in [0.29, 0.717) is 59.2 Å². The maximum Gasteiger partial charge on any atom is 0.242 e. The van der Waals surface area contributed by atoms with Crippen molar-refractivity contribution in [2.75, 3.05) is 38.7 Å². The summed E-state index contributed by atoms with van der Waals surface area (Å²) in [5.74, 6) is 2.33. The second-order valence-corrected chi connectivity index (χ2v) is 10.9. The van der Waals surface area contributed by atoms with E-state index in [-0.39, 0.29) is 29.5 Å². The van der Waals surface area contributed by atoms with Crippen LogP contribution in [-0.4, -0.2) is 51.2 Å². The van der Waals surface area contributed by atoms with E-state index in [2.05, 4.69) is 16.0 Å². The van der Waals surface area contributed by atoms with Crippen LogP contribution >= 0.6 is 11.8 Å². The molecule has 10 nitrogen and oxygen atoms in total. The van der Waals surface area contributed by atoms with Gasteiger partial charge in [-0.2, -0.15) is 11.8 Å². The van der Waals surface area contributed by atoms with Gasteiger partial charge in [0, 0.05) is 12.5 Å². The molecule has 0 radical (unpaired) electrons. The largest absolute Gasteiger partial charge is 0.493 e. The fraction of sp³-hybridized carbons (Fsp3) is 0.387. The number of furan rings is 1. The Hall–Kier alpha value is -4.12. The summed E-state index contributed by atoms with van der Waals surface area (Å²) in [6.07, 6.45) is 5.17. The molecule has 224 valence electrons. The van der Waals surface area contributed by atoms with Crippen LogP contribution < -0.4 is 35.6 Å². The Labute approximate surface area is 249 Å². The van der Waals surface area contributed by atoms with Crippen LogP contribution in [0.3, 0.4) is 0 Å². The molecule has 0 saturated carbocycles. The molecule has 1 aliphatic rings. The molecule has 3 N–H and O–H groups in total. The molecule has 42 heavy (non-hydrogen) atoms. The van der Waals surface area contributed by atoms with Gasteiger partial charge in [-0.05, 0) is 78.3 Å². The molecule has 1 aliphatic carbocycles. The van der Waals surface area contributed by atoms with E-state index >= 15 is 0 Å². The van der Waals surface area contributed by atoms with Crippen molar-refractivity contribution in [1.29, 1.82) is 0 Å². The lowest BCUT2D eigenvalue weighted by Gasteiger charge is -2.19. The van der Waals surface area contributed by atoms with E-state index in [0.717, 1.165) is 11.1 Å². The van der Waals surface area contributed by atoms with Gasteiger partial charge in [0.05, 0.1) is 45.9 Å². The van der Waals surface area contributed by atoms with E-state index in [1.807, 2.05) is 18.4 Å². The molecule has 1 aromatic heterocycles. The molecule has 2 atom stereocenters. The number of carbonyl (C=O) groups is 2. The van der Waals surface area contributed by atoms with Gasteiger partial charge in [0.25, 0.3) is 0 Å². The van der Waals surface area contributed by atoms with Gasteiger partial charge in [-0.25, -0.2) is 0 Å². The summed E-state index contributed by atoms with van der Waals surface area (Å²) in [7, 11) is 4.66. The molecular weight excluding hydrogens is 558 g/mol. The van der Waals surface area contributed by atoms with Crippen molar-refractivity contribution in [2.24, 2.45) is 0 Å². The van der Waals surface area contributed by atoms with Crippen molar-refractivity contribution in [3.8, 4) is 28.4 Å². The fourth-order valence-electron chi connectivity index (χ4n) is 5.23. The molecule has 0 bridgehead atoms. The summed E-state index contributed by atoms with van der Waals surface area (Å²) < 4.78 is 22.4. The molecule has 0 saturated heterocycles. The number of hydrogen-bond acceptors (Lipinski definition) is 9. The standard InChI is InChI=1S/C31H37N3O7S/c1-18(35)33-23-10-8-19-15-27(38-2)29(39-3)30(40-4)28(19)21-9-11-24(26(36)16-22(21)23)34-25(12-14-42-5)31(37)32-17-20-7-6-13-41-20/h6-7,9,11,13,15-16,23,25H,8,10,12,14,17H2,1-5H3,(H,32,37)(H,33,35)(H,34,36)/t23-,25+/m1/s1. The number of methoxy groups -OCH3 is 3. The minimum atomic E-state index is -0.653. The lowest BCUT2D eigenvalue weighted by atomic mass is 9.95. The minimum absolute atomic E-state index is 0.207. The summed E-state index contributed by atoms with van der Waals surface area (Å²) in [5.41, 5.74) is 3.02. The number of aryl methyl sites for hydroxylation is 1. The number of hydrogen-bond donors (Lipinski definition) is 3. The van der Waals surface area contributed by atoms with Gasteiger partial charge in [0.1, 0.15) is 11.8 Å². The first-order valence-corrected chi connectivity index (χ1v) is 15.0. The number of carbonyl (C=O) groups excluding carboxylic acids is 2. The molecule has 11 heteroatoms. The number of ether oxygens (including phenoxy) is 3. The van der Waals surface area contributed by atoms with Crippen LogP contribution in [0, 0.1) is 0 Å². The van der Waals surface area contributed by atoms with Crippen LogP contribution in [0.5, 0.6) is 17.2 Å². The number of nitrogens with one attached hydrogen (secondary N) is 3. The van der Waals surface area contributed by atoms with E-state index in [1.54, 1.807) is 57.6 Å². The van der Waals surface area contributed by atoms with E-state index in [9.17, 15) is 14.4 Å². The zero-order chi connectivity index (χ0) is 30.2. The molecule has 0 fully saturated rings. The van der Waals surface area contributed by atoms with Gasteiger partial charge in [0.15, 0.2) is 11.5 Å². The zero-order valence-electron chi connectivity index (χ0n) is 24.5. The Balaban J connectivity index is 1.81. The number of benzene rings is 1. The van der Waals surface area contributed by atoms with Gasteiger partial charge in [-0.3, -0.25) is 14.4 Å². The number of amides is 2. The van der Waals surface area contributed by atoms with Crippen LogP contribution in [0.25, 0.3) is 11.1 Å². The van der Waals surface area contributed by atoms with Crippen LogP contribution in [0.15, 0.2) is 51.9 Å². The SMILES string of the molecule is COc1cc2c(c(OC)c1OC)-c1ccc(N[C@@H](CCSC)C(=O)NCc3ccco3)c(=O)cc1[C@H](NC(C)=O)CC2. The summed E-state index contributed by atoms with van der Waals surface area (Å²) in [4.78, 5) is 39.1. The Morgan fingerprint density at radius 2 is 1.88 bits per heavy atom. The lowest BCUT2D eigenvalue weighted by Crippen LogP contribution is -2.40. The number of fused-ring (bicyclic) bond motifs is 3. The molecule has 0 spiro atoms. The molecule has 1 heterocycles. The number of thioether (sulfide) groups is 1. The molecule has 0 aliphatic heterocycles. The Morgan fingerprint density at radius 3 is 2.52 bits per heavy atom. The third-order valence-corrected chi connectivity index (χ3v) is 7.83. The van der Waals surface area contributed by atoms with Gasteiger partial charge < -0.3 is 34.6 Å². The average Bonchev–Trinajstić information content (AvgIpc) is 3.40. The van der Waals surface area contributed by atoms with Gasteiger partial charge in [-0.15, -0.1) is 0 Å². The lowest BCUT2D eigenvalue weighted by molar-refractivity contribution is -0.122. The van der Waals surface area contributed by atoms with Crippen LogP contribution in [-0.2, 0) is 22.6 Å². The van der Waals surface area contributed by atoms with Crippen molar-refractivity contribution in [3.63, 3.8) is 0 Å². The molecule has 3 aromatic rings. The summed E-state index contributed by atoms with van der Waals surface area (Å²) in [5, 5.41) is 9.08. The monoisotopic (exact) mass is 595 g/mol. The predicted molar refractivity (Wildman–Crippen MR) is 164 cm³/mol. The molecule has 2 amide bonds. The zero-order valence-corrected chi connectivity index (χ0v) is 25.3. The molecule has 2 aromatic carbocycles. The highest BCUT2D eigenvalue weighted by Crippen LogP contribution is 2.50. The normalized spacial score (nSPS) is 14.5. The maximum absolute atomic E-state index is 13.7. The van der Waals surface area contributed by atoms with Crippen LogP contribution in [0.4, 0.5) is 5.69 Å². The maximum atomic E-state index is 13.7. The summed E-state index contributed by atoms with van der Waals surface area (Å²) in [6, 6.07) is 9.42. The van der Waals surface area contributed by atoms with E-state index in [1.165, 1.54) is 13.0 Å². The molecule has 4 rings (SSSR count). The number of anilines is 1. The highest BCUT2D eigenvalue weighted by atomic mass is 32.2. The third-order valence-electron chi connectivity index (χ3n) is 7.19. The van der Waals surface area contributed by atoms with Crippen LogP contribution in [0.1, 0.15) is 42.7 Å².